The Morgan fingerprint density at radius 1 is 1.31 bits per heavy atom. The van der Waals surface area contributed by atoms with Crippen LogP contribution < -0.4 is 0 Å². The van der Waals surface area contributed by atoms with Crippen molar-refractivity contribution in [3.63, 3.8) is 0 Å². The van der Waals surface area contributed by atoms with Crippen LogP contribution in [0, 0.1) is 29.6 Å². The maximum atomic E-state index is 12.4. The van der Waals surface area contributed by atoms with E-state index in [1.165, 1.54) is 12.5 Å². The van der Waals surface area contributed by atoms with Crippen molar-refractivity contribution in [2.24, 2.45) is 29.6 Å². The number of ether oxygens (including phenoxy) is 2. The second-order valence-corrected chi connectivity index (χ2v) is 8.74. The van der Waals surface area contributed by atoms with Crippen molar-refractivity contribution in [2.45, 2.75) is 66.4 Å². The van der Waals surface area contributed by atoms with Gasteiger partial charge in [0.25, 0.3) is 0 Å². The van der Waals surface area contributed by atoms with E-state index in [-0.39, 0.29) is 24.0 Å². The van der Waals surface area contributed by atoms with Crippen LogP contribution in [0.5, 0.6) is 0 Å². The van der Waals surface area contributed by atoms with Gasteiger partial charge in [0, 0.05) is 18.4 Å². The molecule has 0 saturated heterocycles. The molecule has 0 unspecified atom stereocenters. The SMILES string of the molecule is CC(=O)O[C@H]1C[C@H](C)[C@H]2C[C@H]2C2=C(COC2=O)[C@H]1[C@@H](C)CCC=C(C)C. The second-order valence-electron chi connectivity index (χ2n) is 8.74. The molecule has 1 saturated carbocycles. The first-order valence-electron chi connectivity index (χ1n) is 10.00. The Morgan fingerprint density at radius 2 is 2.04 bits per heavy atom. The maximum Gasteiger partial charge on any atom is 0.334 e. The summed E-state index contributed by atoms with van der Waals surface area (Å²) in [5.74, 6) is 1.39. The van der Waals surface area contributed by atoms with E-state index in [0.29, 0.717) is 30.3 Å². The fourth-order valence-corrected chi connectivity index (χ4v) is 5.04. The molecule has 0 amide bonds. The number of carbonyl (C=O) groups excluding carboxylic acids is 2. The Kier molecular flexibility index (Phi) is 5.59. The predicted molar refractivity (Wildman–Crippen MR) is 100 cm³/mol. The molecule has 3 rings (SSSR count). The van der Waals surface area contributed by atoms with E-state index in [4.69, 9.17) is 9.47 Å². The highest BCUT2D eigenvalue weighted by Crippen LogP contribution is 2.56. The number of cyclic esters (lactones) is 1. The number of carbonyl (C=O) groups is 2. The summed E-state index contributed by atoms with van der Waals surface area (Å²) >= 11 is 0. The van der Waals surface area contributed by atoms with Gasteiger partial charge in [0.15, 0.2) is 0 Å². The molecule has 0 aromatic rings. The molecule has 1 heterocycles. The smallest absolute Gasteiger partial charge is 0.334 e. The molecule has 26 heavy (non-hydrogen) atoms. The molecule has 4 nitrogen and oxygen atoms in total. The standard InChI is InChI=1S/C22H32O4/c1-12(2)7-6-8-13(3)20-18-11-25-22(24)21(18)17-10-16(17)14(4)9-19(20)26-15(5)23/h7,13-14,16-17,19-20H,6,8-11H2,1-5H3/t13-,14-,16+,17+,19-,20+/m0/s1. The van der Waals surface area contributed by atoms with Crippen molar-refractivity contribution in [1.82, 2.24) is 0 Å². The summed E-state index contributed by atoms with van der Waals surface area (Å²) in [6, 6.07) is 0. The van der Waals surface area contributed by atoms with Crippen molar-refractivity contribution in [3.8, 4) is 0 Å². The number of hydrogen-bond donors (Lipinski definition) is 0. The minimum Gasteiger partial charge on any atom is -0.462 e. The van der Waals surface area contributed by atoms with Gasteiger partial charge < -0.3 is 9.47 Å². The van der Waals surface area contributed by atoms with Crippen molar-refractivity contribution in [3.05, 3.63) is 22.8 Å². The molecule has 0 aromatic carbocycles. The number of allylic oxidation sites excluding steroid dienone is 2. The van der Waals surface area contributed by atoms with Gasteiger partial charge >= 0.3 is 11.9 Å². The van der Waals surface area contributed by atoms with Gasteiger partial charge in [-0.05, 0) is 68.8 Å². The van der Waals surface area contributed by atoms with Gasteiger partial charge in [-0.2, -0.15) is 0 Å². The first-order chi connectivity index (χ1) is 12.3. The zero-order valence-electron chi connectivity index (χ0n) is 16.7. The Hall–Kier alpha value is -1.58. The maximum absolute atomic E-state index is 12.4. The van der Waals surface area contributed by atoms with Crippen LogP contribution in [0.1, 0.15) is 60.3 Å². The molecular weight excluding hydrogens is 328 g/mol. The van der Waals surface area contributed by atoms with Crippen molar-refractivity contribution in [2.75, 3.05) is 6.61 Å². The molecule has 0 N–H and O–H groups in total. The van der Waals surface area contributed by atoms with Crippen molar-refractivity contribution < 1.29 is 19.1 Å². The quantitative estimate of drug-likeness (QED) is 0.537. The minimum absolute atomic E-state index is 0.0786. The topological polar surface area (TPSA) is 52.6 Å². The minimum atomic E-state index is -0.232. The molecular formula is C22H32O4. The highest BCUT2D eigenvalue weighted by atomic mass is 16.5. The summed E-state index contributed by atoms with van der Waals surface area (Å²) in [5.41, 5.74) is 3.35. The van der Waals surface area contributed by atoms with Gasteiger partial charge in [-0.25, -0.2) is 4.79 Å². The van der Waals surface area contributed by atoms with Crippen LogP contribution in [0.25, 0.3) is 0 Å². The van der Waals surface area contributed by atoms with Gasteiger partial charge in [-0.1, -0.05) is 25.5 Å². The highest BCUT2D eigenvalue weighted by Gasteiger charge is 2.53. The molecule has 2 aliphatic carbocycles. The second kappa shape index (κ2) is 7.58. The third-order valence-electron chi connectivity index (χ3n) is 6.38. The summed E-state index contributed by atoms with van der Waals surface area (Å²) < 4.78 is 11.3. The van der Waals surface area contributed by atoms with Crippen molar-refractivity contribution >= 4 is 11.9 Å². The first-order valence-corrected chi connectivity index (χ1v) is 10.00. The fraction of sp³-hybridized carbons (Fsp3) is 0.727. The Balaban J connectivity index is 1.93. The van der Waals surface area contributed by atoms with Crippen LogP contribution >= 0.6 is 0 Å². The Labute approximate surface area is 157 Å². The van der Waals surface area contributed by atoms with Crippen LogP contribution in [0.3, 0.4) is 0 Å². The molecule has 0 spiro atoms. The van der Waals surface area contributed by atoms with Crippen LogP contribution in [0.15, 0.2) is 22.8 Å². The van der Waals surface area contributed by atoms with E-state index in [0.717, 1.165) is 36.8 Å². The zero-order chi connectivity index (χ0) is 19.0. The van der Waals surface area contributed by atoms with E-state index < -0.39 is 0 Å². The lowest BCUT2D eigenvalue weighted by atomic mass is 9.73. The average Bonchev–Trinajstić information content (AvgIpc) is 3.22. The summed E-state index contributed by atoms with van der Waals surface area (Å²) in [5, 5.41) is 0. The average molecular weight is 360 g/mol. The normalized spacial score (nSPS) is 34.0. The monoisotopic (exact) mass is 360 g/mol. The third-order valence-corrected chi connectivity index (χ3v) is 6.38. The van der Waals surface area contributed by atoms with Gasteiger partial charge in [-0.3, -0.25) is 4.79 Å². The molecule has 0 radical (unpaired) electrons. The molecule has 4 heteroatoms. The van der Waals surface area contributed by atoms with E-state index in [2.05, 4.69) is 33.8 Å². The number of fused-ring (bicyclic) bond motifs is 2. The van der Waals surface area contributed by atoms with Gasteiger partial charge in [0.1, 0.15) is 12.7 Å². The number of rotatable bonds is 5. The highest BCUT2D eigenvalue weighted by molar-refractivity contribution is 5.93. The molecule has 3 aliphatic rings. The van der Waals surface area contributed by atoms with Crippen molar-refractivity contribution in [1.29, 1.82) is 0 Å². The number of esters is 2. The first kappa shape index (κ1) is 19.2. The Morgan fingerprint density at radius 3 is 2.69 bits per heavy atom. The summed E-state index contributed by atoms with van der Waals surface area (Å²) in [6.07, 6.45) is 6.06. The lowest BCUT2D eigenvalue weighted by Crippen LogP contribution is -2.36. The lowest BCUT2D eigenvalue weighted by molar-refractivity contribution is -0.150. The van der Waals surface area contributed by atoms with Gasteiger partial charge in [0.05, 0.1) is 0 Å². The van der Waals surface area contributed by atoms with Crippen LogP contribution in [0.2, 0.25) is 0 Å². The van der Waals surface area contributed by atoms with Crippen LogP contribution in [-0.2, 0) is 19.1 Å². The summed E-state index contributed by atoms with van der Waals surface area (Å²) in [4.78, 5) is 24.2. The van der Waals surface area contributed by atoms with E-state index in [1.807, 2.05) is 0 Å². The van der Waals surface area contributed by atoms with Gasteiger partial charge in [-0.15, -0.1) is 0 Å². The van der Waals surface area contributed by atoms with E-state index >= 15 is 0 Å². The largest absolute Gasteiger partial charge is 0.462 e. The molecule has 1 aliphatic heterocycles. The predicted octanol–water partition coefficient (Wildman–Crippen LogP) is 4.45. The summed E-state index contributed by atoms with van der Waals surface area (Å²) in [6.45, 7) is 10.5. The lowest BCUT2D eigenvalue weighted by Gasteiger charge is -2.35. The summed E-state index contributed by atoms with van der Waals surface area (Å²) in [7, 11) is 0. The van der Waals surface area contributed by atoms with E-state index in [9.17, 15) is 9.59 Å². The van der Waals surface area contributed by atoms with Gasteiger partial charge in [0.2, 0.25) is 0 Å². The van der Waals surface area contributed by atoms with Crippen LogP contribution in [0.4, 0.5) is 0 Å². The molecule has 1 fully saturated rings. The third kappa shape index (κ3) is 3.89. The molecule has 144 valence electrons. The van der Waals surface area contributed by atoms with E-state index in [1.54, 1.807) is 0 Å². The zero-order valence-corrected chi connectivity index (χ0v) is 16.7. The molecule has 6 atom stereocenters. The molecule has 0 bridgehead atoms. The fourth-order valence-electron chi connectivity index (χ4n) is 5.04. The van der Waals surface area contributed by atoms with Crippen LogP contribution in [-0.4, -0.2) is 24.6 Å². The number of hydrogen-bond acceptors (Lipinski definition) is 4. The molecule has 0 aromatic heterocycles. The Bertz CT molecular complexity index is 641.